The fourth-order valence-corrected chi connectivity index (χ4v) is 3.51. The number of hydrogen-bond acceptors (Lipinski definition) is 2. The fraction of sp³-hybridized carbons (Fsp3) is 0.409. The van der Waals surface area contributed by atoms with E-state index in [1.165, 1.54) is 42.9 Å². The fourth-order valence-electron chi connectivity index (χ4n) is 3.51. The van der Waals surface area contributed by atoms with Crippen LogP contribution in [0.25, 0.3) is 5.83 Å². The molecule has 0 aliphatic heterocycles. The molecular formula is C22H27FO3. The number of allylic oxidation sites excluding steroid dienone is 5. The Balaban J connectivity index is 2.39. The second kappa shape index (κ2) is 7.90. The number of halogens is 1. The predicted molar refractivity (Wildman–Crippen MR) is 103 cm³/mol. The van der Waals surface area contributed by atoms with Crippen LogP contribution in [0.5, 0.6) is 5.75 Å². The van der Waals surface area contributed by atoms with E-state index in [4.69, 9.17) is 9.84 Å². The van der Waals surface area contributed by atoms with Gasteiger partial charge in [0.25, 0.3) is 0 Å². The summed E-state index contributed by atoms with van der Waals surface area (Å²) in [6.07, 6.45) is 7.21. The van der Waals surface area contributed by atoms with Gasteiger partial charge in [-0.3, -0.25) is 0 Å². The van der Waals surface area contributed by atoms with Gasteiger partial charge in [-0.1, -0.05) is 31.6 Å². The third-order valence-corrected chi connectivity index (χ3v) is 5.07. The summed E-state index contributed by atoms with van der Waals surface area (Å²) in [6, 6.07) is 4.17. The molecule has 2 rings (SSSR count). The van der Waals surface area contributed by atoms with Crippen molar-refractivity contribution in [1.82, 2.24) is 0 Å². The molecule has 1 aromatic rings. The first-order chi connectivity index (χ1) is 12.2. The van der Waals surface area contributed by atoms with Crippen LogP contribution in [0.2, 0.25) is 0 Å². The van der Waals surface area contributed by atoms with Gasteiger partial charge in [-0.25, -0.2) is 9.18 Å². The highest BCUT2D eigenvalue weighted by Gasteiger charge is 2.26. The van der Waals surface area contributed by atoms with Crippen molar-refractivity contribution in [2.75, 3.05) is 7.11 Å². The standard InChI is InChI=1S/C22H27FO3/c1-14-7-6-12-22(3,4)18(14)11-8-15(2)20(23)17-10-9-16(21(24)25)13-19(17)26-5/h8-11,13H,6-7,12H2,1-5H3,(H,24,25)/b11-8+,20-15-. The molecule has 0 unspecified atom stereocenters. The van der Waals surface area contributed by atoms with Gasteiger partial charge in [0.05, 0.1) is 18.2 Å². The number of benzene rings is 1. The smallest absolute Gasteiger partial charge is 0.335 e. The molecule has 140 valence electrons. The summed E-state index contributed by atoms with van der Waals surface area (Å²) in [4.78, 5) is 11.1. The number of rotatable bonds is 5. The topological polar surface area (TPSA) is 46.5 Å². The van der Waals surface area contributed by atoms with E-state index in [2.05, 4.69) is 20.8 Å². The van der Waals surface area contributed by atoms with E-state index in [1.54, 1.807) is 13.0 Å². The second-order valence-electron chi connectivity index (χ2n) is 7.48. The molecule has 4 heteroatoms. The molecule has 0 saturated carbocycles. The minimum absolute atomic E-state index is 0.0660. The quantitative estimate of drug-likeness (QED) is 0.640. The Kier molecular flexibility index (Phi) is 6.06. The Morgan fingerprint density at radius 3 is 2.62 bits per heavy atom. The van der Waals surface area contributed by atoms with Crippen LogP contribution in [0, 0.1) is 5.41 Å². The molecule has 0 saturated heterocycles. The summed E-state index contributed by atoms with van der Waals surface area (Å²) in [6.45, 7) is 8.29. The van der Waals surface area contributed by atoms with Crippen LogP contribution in [0.3, 0.4) is 0 Å². The zero-order valence-electron chi connectivity index (χ0n) is 16.1. The highest BCUT2D eigenvalue weighted by molar-refractivity contribution is 5.89. The van der Waals surface area contributed by atoms with Crippen molar-refractivity contribution in [2.24, 2.45) is 5.41 Å². The van der Waals surface area contributed by atoms with Crippen molar-refractivity contribution in [3.8, 4) is 5.75 Å². The molecular weight excluding hydrogens is 331 g/mol. The number of methoxy groups -OCH3 is 1. The van der Waals surface area contributed by atoms with E-state index in [1.807, 2.05) is 6.08 Å². The number of carboxylic acids is 1. The Morgan fingerprint density at radius 1 is 1.35 bits per heavy atom. The lowest BCUT2D eigenvalue weighted by atomic mass is 9.72. The first kappa shape index (κ1) is 20.0. The van der Waals surface area contributed by atoms with E-state index in [-0.39, 0.29) is 22.3 Å². The number of ether oxygens (including phenoxy) is 1. The van der Waals surface area contributed by atoms with E-state index < -0.39 is 11.8 Å². The Morgan fingerprint density at radius 2 is 2.04 bits per heavy atom. The summed E-state index contributed by atoms with van der Waals surface area (Å²) in [5, 5.41) is 9.07. The molecule has 0 spiro atoms. The molecule has 0 atom stereocenters. The van der Waals surface area contributed by atoms with E-state index in [0.29, 0.717) is 5.57 Å². The second-order valence-corrected chi connectivity index (χ2v) is 7.48. The number of carboxylic acid groups (broad SMARTS) is 1. The maximum absolute atomic E-state index is 14.9. The lowest BCUT2D eigenvalue weighted by molar-refractivity contribution is 0.0696. The van der Waals surface area contributed by atoms with E-state index in [9.17, 15) is 9.18 Å². The van der Waals surface area contributed by atoms with Crippen LogP contribution in [-0.4, -0.2) is 18.2 Å². The summed E-state index contributed by atoms with van der Waals surface area (Å²) in [7, 11) is 1.40. The maximum atomic E-state index is 14.9. The molecule has 1 aliphatic rings. The normalized spacial score (nSPS) is 18.1. The minimum atomic E-state index is -1.07. The first-order valence-corrected chi connectivity index (χ1v) is 8.83. The number of hydrogen-bond donors (Lipinski definition) is 1. The van der Waals surface area contributed by atoms with Gasteiger partial charge in [0.1, 0.15) is 11.6 Å². The summed E-state index contributed by atoms with van der Waals surface area (Å²) >= 11 is 0. The molecule has 1 aromatic carbocycles. The zero-order valence-corrected chi connectivity index (χ0v) is 16.1. The van der Waals surface area contributed by atoms with Crippen molar-refractivity contribution in [1.29, 1.82) is 0 Å². The SMILES string of the molecule is COc1cc(C(=O)O)ccc1/C(F)=C(C)/C=C/C1=C(C)CCCC1(C)C. The molecule has 3 nitrogen and oxygen atoms in total. The van der Waals surface area contributed by atoms with E-state index in [0.717, 1.165) is 12.8 Å². The highest BCUT2D eigenvalue weighted by Crippen LogP contribution is 2.41. The third-order valence-electron chi connectivity index (χ3n) is 5.07. The van der Waals surface area contributed by atoms with Crippen LogP contribution in [0.1, 0.15) is 62.9 Å². The minimum Gasteiger partial charge on any atom is -0.496 e. The van der Waals surface area contributed by atoms with Crippen molar-refractivity contribution in [3.05, 3.63) is 58.2 Å². The first-order valence-electron chi connectivity index (χ1n) is 8.83. The predicted octanol–water partition coefficient (Wildman–Crippen LogP) is 6.18. The summed E-state index contributed by atoms with van der Waals surface area (Å²) in [5.74, 6) is -1.27. The lowest BCUT2D eigenvalue weighted by Crippen LogP contribution is -2.19. The number of carbonyl (C=O) groups is 1. The van der Waals surface area contributed by atoms with Gasteiger partial charge in [0.15, 0.2) is 0 Å². The van der Waals surface area contributed by atoms with Crippen molar-refractivity contribution < 1.29 is 19.0 Å². The van der Waals surface area contributed by atoms with Gasteiger partial charge in [-0.2, -0.15) is 0 Å². The van der Waals surface area contributed by atoms with Crippen molar-refractivity contribution >= 4 is 11.8 Å². The Bertz CT molecular complexity index is 798. The summed E-state index contributed by atoms with van der Waals surface area (Å²) in [5.41, 5.74) is 3.52. The van der Waals surface area contributed by atoms with Crippen LogP contribution in [0.4, 0.5) is 4.39 Å². The Labute approximate surface area is 154 Å². The van der Waals surface area contributed by atoms with Gasteiger partial charge in [-0.05, 0) is 67.9 Å². The van der Waals surface area contributed by atoms with Crippen molar-refractivity contribution in [3.63, 3.8) is 0 Å². The zero-order chi connectivity index (χ0) is 19.5. The average Bonchev–Trinajstić information content (AvgIpc) is 2.59. The van der Waals surface area contributed by atoms with Gasteiger partial charge < -0.3 is 9.84 Å². The number of aromatic carboxylic acids is 1. The van der Waals surface area contributed by atoms with Crippen LogP contribution >= 0.6 is 0 Å². The molecule has 1 aliphatic carbocycles. The van der Waals surface area contributed by atoms with Crippen LogP contribution in [-0.2, 0) is 0 Å². The molecule has 0 aromatic heterocycles. The third kappa shape index (κ3) is 4.24. The highest BCUT2D eigenvalue weighted by atomic mass is 19.1. The molecule has 0 bridgehead atoms. The molecule has 26 heavy (non-hydrogen) atoms. The van der Waals surface area contributed by atoms with Crippen LogP contribution in [0.15, 0.2) is 47.1 Å². The van der Waals surface area contributed by atoms with Gasteiger partial charge >= 0.3 is 5.97 Å². The van der Waals surface area contributed by atoms with Gasteiger partial charge in [0, 0.05) is 0 Å². The monoisotopic (exact) mass is 358 g/mol. The summed E-state index contributed by atoms with van der Waals surface area (Å²) < 4.78 is 20.1. The molecule has 0 fully saturated rings. The largest absolute Gasteiger partial charge is 0.496 e. The van der Waals surface area contributed by atoms with E-state index >= 15 is 0 Å². The Hall–Kier alpha value is -2.36. The molecule has 0 amide bonds. The van der Waals surface area contributed by atoms with Gasteiger partial charge in [-0.15, -0.1) is 0 Å². The lowest BCUT2D eigenvalue weighted by Gasteiger charge is -2.33. The maximum Gasteiger partial charge on any atom is 0.335 e. The average molecular weight is 358 g/mol. The van der Waals surface area contributed by atoms with Crippen molar-refractivity contribution in [2.45, 2.75) is 47.0 Å². The van der Waals surface area contributed by atoms with Gasteiger partial charge in [0.2, 0.25) is 0 Å². The molecule has 0 heterocycles. The molecule has 0 radical (unpaired) electrons. The molecule has 1 N–H and O–H groups in total. The van der Waals surface area contributed by atoms with Crippen LogP contribution < -0.4 is 4.74 Å².